The molecule has 262 valence electrons. The van der Waals surface area contributed by atoms with Gasteiger partial charge in [0.1, 0.15) is 0 Å². The maximum atomic E-state index is 12.3. The van der Waals surface area contributed by atoms with Crippen molar-refractivity contribution < 1.29 is 4.79 Å². The lowest BCUT2D eigenvalue weighted by atomic mass is 10.0. The van der Waals surface area contributed by atoms with Crippen LogP contribution in [-0.4, -0.2) is 43.2 Å². The molecule has 0 saturated carbocycles. The lowest BCUT2D eigenvalue weighted by Crippen LogP contribution is -2.40. The molecular formula is C40H81N3O. The fourth-order valence-corrected chi connectivity index (χ4v) is 7.01. The zero-order chi connectivity index (χ0) is 31.6. The SMILES string of the molecule is CCCCCCCCCCCCCCCCCC(=O)NCCN1CCNC1CCCCCCCCCCCCCCCCC. The monoisotopic (exact) mass is 620 g/mol. The van der Waals surface area contributed by atoms with Gasteiger partial charge in [-0.1, -0.05) is 200 Å². The Balaban J connectivity index is 1.83. The molecule has 0 spiro atoms. The van der Waals surface area contributed by atoms with Crippen molar-refractivity contribution in [3.8, 4) is 0 Å². The summed E-state index contributed by atoms with van der Waals surface area (Å²) in [7, 11) is 0. The molecule has 0 aromatic carbocycles. The third-order valence-corrected chi connectivity index (χ3v) is 10.0. The molecule has 0 aliphatic carbocycles. The molecule has 1 saturated heterocycles. The van der Waals surface area contributed by atoms with E-state index in [0.29, 0.717) is 12.6 Å². The molecule has 1 amide bonds. The molecule has 0 aromatic heterocycles. The summed E-state index contributed by atoms with van der Waals surface area (Å²) in [6, 6.07) is 0. The molecule has 0 radical (unpaired) electrons. The largest absolute Gasteiger partial charge is 0.355 e. The van der Waals surface area contributed by atoms with Gasteiger partial charge < -0.3 is 10.6 Å². The fraction of sp³-hybridized carbons (Fsp3) is 0.975. The Labute approximate surface area is 277 Å². The van der Waals surface area contributed by atoms with Gasteiger partial charge in [0.15, 0.2) is 0 Å². The average molecular weight is 620 g/mol. The van der Waals surface area contributed by atoms with Crippen LogP contribution in [0, 0.1) is 0 Å². The lowest BCUT2D eigenvalue weighted by molar-refractivity contribution is -0.121. The number of hydrogen-bond acceptors (Lipinski definition) is 3. The fourth-order valence-electron chi connectivity index (χ4n) is 7.01. The number of amides is 1. The number of rotatable bonds is 35. The highest BCUT2D eigenvalue weighted by atomic mass is 16.1. The summed E-state index contributed by atoms with van der Waals surface area (Å²) in [6.07, 6.45) is 44.4. The standard InChI is InChI=1S/C40H81N3O/c1-3-5-7-9-11-13-15-17-19-21-23-25-27-29-31-33-39-41-35-37-43(39)38-36-42-40(44)34-32-30-28-26-24-22-20-18-16-14-12-10-8-6-4-2/h39,41H,3-38H2,1-2H3,(H,42,44). The van der Waals surface area contributed by atoms with E-state index >= 15 is 0 Å². The highest BCUT2D eigenvalue weighted by molar-refractivity contribution is 5.75. The predicted molar refractivity (Wildman–Crippen MR) is 195 cm³/mol. The van der Waals surface area contributed by atoms with Crippen LogP contribution < -0.4 is 10.6 Å². The Morgan fingerprint density at radius 2 is 0.909 bits per heavy atom. The molecule has 1 atom stereocenters. The Morgan fingerprint density at radius 1 is 0.545 bits per heavy atom. The third-order valence-electron chi connectivity index (χ3n) is 10.0. The van der Waals surface area contributed by atoms with Crippen molar-refractivity contribution >= 4 is 5.91 Å². The van der Waals surface area contributed by atoms with Crippen molar-refractivity contribution in [1.82, 2.24) is 15.5 Å². The zero-order valence-corrected chi connectivity index (χ0v) is 30.4. The van der Waals surface area contributed by atoms with Gasteiger partial charge in [-0.2, -0.15) is 0 Å². The molecule has 4 nitrogen and oxygen atoms in total. The Hall–Kier alpha value is -0.610. The first kappa shape index (κ1) is 41.4. The highest BCUT2D eigenvalue weighted by Crippen LogP contribution is 2.16. The summed E-state index contributed by atoms with van der Waals surface area (Å²) >= 11 is 0. The minimum Gasteiger partial charge on any atom is -0.355 e. The molecule has 1 aliphatic heterocycles. The van der Waals surface area contributed by atoms with Crippen molar-refractivity contribution in [3.05, 3.63) is 0 Å². The molecule has 0 aromatic rings. The minimum absolute atomic E-state index is 0.255. The summed E-state index contributed by atoms with van der Waals surface area (Å²) in [5, 5.41) is 6.88. The van der Waals surface area contributed by atoms with Gasteiger partial charge in [0.25, 0.3) is 0 Å². The van der Waals surface area contributed by atoms with Crippen LogP contribution in [0.5, 0.6) is 0 Å². The summed E-state index contributed by atoms with van der Waals surface area (Å²) in [6.45, 7) is 8.60. The number of carbonyl (C=O) groups excluding carboxylic acids is 1. The van der Waals surface area contributed by atoms with E-state index in [2.05, 4.69) is 29.4 Å². The first-order valence-corrected chi connectivity index (χ1v) is 20.5. The van der Waals surface area contributed by atoms with E-state index in [1.165, 1.54) is 193 Å². The van der Waals surface area contributed by atoms with Crippen LogP contribution in [0.25, 0.3) is 0 Å². The van der Waals surface area contributed by atoms with Crippen LogP contribution in [0.3, 0.4) is 0 Å². The second-order valence-electron chi connectivity index (χ2n) is 14.3. The number of hydrogen-bond donors (Lipinski definition) is 2. The van der Waals surface area contributed by atoms with Crippen LogP contribution in [0.1, 0.15) is 219 Å². The van der Waals surface area contributed by atoms with E-state index in [4.69, 9.17) is 0 Å². The normalized spacial score (nSPS) is 15.4. The molecule has 1 fully saturated rings. The minimum atomic E-state index is 0.255. The third kappa shape index (κ3) is 27.7. The van der Waals surface area contributed by atoms with Gasteiger partial charge in [0.2, 0.25) is 5.91 Å². The molecular weight excluding hydrogens is 538 g/mol. The molecule has 0 bridgehead atoms. The summed E-state index contributed by atoms with van der Waals surface area (Å²) < 4.78 is 0. The van der Waals surface area contributed by atoms with Gasteiger partial charge in [-0.25, -0.2) is 0 Å². The van der Waals surface area contributed by atoms with Crippen LogP contribution in [0.15, 0.2) is 0 Å². The van der Waals surface area contributed by atoms with Crippen molar-refractivity contribution in [1.29, 1.82) is 0 Å². The maximum absolute atomic E-state index is 12.3. The van der Waals surface area contributed by atoms with Gasteiger partial charge in [0.05, 0.1) is 6.17 Å². The van der Waals surface area contributed by atoms with Crippen molar-refractivity contribution in [3.63, 3.8) is 0 Å². The molecule has 4 heteroatoms. The van der Waals surface area contributed by atoms with Crippen LogP contribution in [0.4, 0.5) is 0 Å². The van der Waals surface area contributed by atoms with E-state index in [1.807, 2.05) is 0 Å². The van der Waals surface area contributed by atoms with E-state index in [-0.39, 0.29) is 5.91 Å². The van der Waals surface area contributed by atoms with Gasteiger partial charge in [-0.05, 0) is 12.8 Å². The second-order valence-corrected chi connectivity index (χ2v) is 14.3. The number of unbranched alkanes of at least 4 members (excludes halogenated alkanes) is 28. The van der Waals surface area contributed by atoms with Crippen molar-refractivity contribution in [2.24, 2.45) is 0 Å². The molecule has 1 rings (SSSR count). The van der Waals surface area contributed by atoms with Gasteiger partial charge in [0, 0.05) is 32.6 Å². The van der Waals surface area contributed by atoms with E-state index in [1.54, 1.807) is 0 Å². The Kier molecular flexibility index (Phi) is 31.8. The lowest BCUT2D eigenvalue weighted by Gasteiger charge is -2.24. The number of nitrogens with zero attached hydrogens (tertiary/aromatic N) is 1. The smallest absolute Gasteiger partial charge is 0.220 e. The summed E-state index contributed by atoms with van der Waals surface area (Å²) in [4.78, 5) is 14.9. The van der Waals surface area contributed by atoms with Crippen LogP contribution in [0.2, 0.25) is 0 Å². The second kappa shape index (κ2) is 33.7. The molecule has 2 N–H and O–H groups in total. The van der Waals surface area contributed by atoms with Gasteiger partial charge in [-0.3, -0.25) is 9.69 Å². The first-order chi connectivity index (χ1) is 21.8. The van der Waals surface area contributed by atoms with Gasteiger partial charge >= 0.3 is 0 Å². The predicted octanol–water partition coefficient (Wildman–Crippen LogP) is 11.9. The van der Waals surface area contributed by atoms with E-state index < -0.39 is 0 Å². The van der Waals surface area contributed by atoms with E-state index in [9.17, 15) is 4.79 Å². The molecule has 44 heavy (non-hydrogen) atoms. The zero-order valence-electron chi connectivity index (χ0n) is 30.4. The van der Waals surface area contributed by atoms with Crippen molar-refractivity contribution in [2.75, 3.05) is 26.2 Å². The van der Waals surface area contributed by atoms with Crippen molar-refractivity contribution in [2.45, 2.75) is 225 Å². The summed E-state index contributed by atoms with van der Waals surface area (Å²) in [5.41, 5.74) is 0. The molecule has 1 heterocycles. The highest BCUT2D eigenvalue weighted by Gasteiger charge is 2.22. The summed E-state index contributed by atoms with van der Waals surface area (Å²) in [5.74, 6) is 0.255. The number of carbonyl (C=O) groups is 1. The van der Waals surface area contributed by atoms with Crippen LogP contribution >= 0.6 is 0 Å². The Morgan fingerprint density at radius 3 is 1.32 bits per heavy atom. The Bertz CT molecular complexity index is 583. The quantitative estimate of drug-likeness (QED) is 0.0694. The molecule has 1 unspecified atom stereocenters. The first-order valence-electron chi connectivity index (χ1n) is 20.5. The maximum Gasteiger partial charge on any atom is 0.220 e. The van der Waals surface area contributed by atoms with E-state index in [0.717, 1.165) is 32.6 Å². The molecule has 1 aliphatic rings. The van der Waals surface area contributed by atoms with Gasteiger partial charge in [-0.15, -0.1) is 0 Å². The topological polar surface area (TPSA) is 44.4 Å². The average Bonchev–Trinajstić information content (AvgIpc) is 3.48. The van der Waals surface area contributed by atoms with Crippen LogP contribution in [-0.2, 0) is 4.79 Å². The number of nitrogens with one attached hydrogen (secondary N) is 2.